The van der Waals surface area contributed by atoms with Gasteiger partial charge in [-0.05, 0) is 56.4 Å². The fraction of sp³-hybridized carbons (Fsp3) is 0.364. The molecule has 3 heterocycles. The van der Waals surface area contributed by atoms with E-state index >= 15 is 0 Å². The monoisotopic (exact) mass is 405 g/mol. The summed E-state index contributed by atoms with van der Waals surface area (Å²) in [6.45, 7) is 1.86. The maximum atomic E-state index is 13.5. The van der Waals surface area contributed by atoms with E-state index in [0.717, 1.165) is 43.1 Å². The fourth-order valence-electron chi connectivity index (χ4n) is 4.73. The number of rotatable bonds is 3. The molecule has 0 saturated heterocycles. The van der Waals surface area contributed by atoms with E-state index in [1.54, 1.807) is 17.7 Å². The van der Waals surface area contributed by atoms with Crippen molar-refractivity contribution in [2.24, 2.45) is 0 Å². The van der Waals surface area contributed by atoms with Gasteiger partial charge in [0, 0.05) is 11.5 Å². The van der Waals surface area contributed by atoms with Crippen LogP contribution in [0.5, 0.6) is 5.75 Å². The van der Waals surface area contributed by atoms with Crippen LogP contribution in [0, 0.1) is 6.92 Å². The van der Waals surface area contributed by atoms with Gasteiger partial charge in [-0.25, -0.2) is 9.97 Å². The Morgan fingerprint density at radius 3 is 2.70 bits per heavy atom. The highest BCUT2D eigenvalue weighted by molar-refractivity contribution is 5.97. The van der Waals surface area contributed by atoms with Crippen molar-refractivity contribution in [3.63, 3.8) is 0 Å². The minimum Gasteiger partial charge on any atom is -0.497 e. The van der Waals surface area contributed by atoms with Gasteiger partial charge in [-0.3, -0.25) is 14.2 Å². The predicted octanol–water partition coefficient (Wildman–Crippen LogP) is 3.21. The Balaban J connectivity index is 1.63. The SMILES string of the molecule is COc1ccc2c(Nc3cc(C)c4n(c3=O)C3(CCCCC3)NC4=O)ncnc2c1. The highest BCUT2D eigenvalue weighted by atomic mass is 16.5. The number of benzene rings is 1. The van der Waals surface area contributed by atoms with Crippen molar-refractivity contribution in [1.29, 1.82) is 0 Å². The summed E-state index contributed by atoms with van der Waals surface area (Å²) in [5.41, 5.74) is 1.50. The number of methoxy groups -OCH3 is 1. The van der Waals surface area contributed by atoms with Crippen LogP contribution < -0.4 is 20.9 Å². The number of aryl methyl sites for hydroxylation is 1. The van der Waals surface area contributed by atoms with E-state index in [0.29, 0.717) is 28.5 Å². The average molecular weight is 405 g/mol. The molecule has 0 radical (unpaired) electrons. The Kier molecular flexibility index (Phi) is 4.23. The molecule has 1 aromatic carbocycles. The third-order valence-corrected chi connectivity index (χ3v) is 6.16. The standard InChI is InChI=1S/C22H23N5O3/c1-13-10-17(25-19-15-7-6-14(30-2)11-16(15)23-12-24-19)21(29)27-18(13)20(28)26-22(27)8-4-3-5-9-22/h6-7,10-12H,3-5,8-9H2,1-2H3,(H,26,28)(H,23,24,25). The molecule has 154 valence electrons. The fourth-order valence-corrected chi connectivity index (χ4v) is 4.73. The first-order chi connectivity index (χ1) is 14.5. The zero-order valence-corrected chi connectivity index (χ0v) is 17.0. The van der Waals surface area contributed by atoms with Gasteiger partial charge in [-0.2, -0.15) is 0 Å². The molecule has 1 aliphatic carbocycles. The molecule has 2 aliphatic rings. The molecule has 1 saturated carbocycles. The number of hydrogen-bond acceptors (Lipinski definition) is 6. The lowest BCUT2D eigenvalue weighted by atomic mass is 9.89. The molecule has 8 nitrogen and oxygen atoms in total. The molecular weight excluding hydrogens is 382 g/mol. The van der Waals surface area contributed by atoms with E-state index in [-0.39, 0.29) is 11.5 Å². The minimum absolute atomic E-state index is 0.169. The van der Waals surface area contributed by atoms with Crippen molar-refractivity contribution in [2.45, 2.75) is 44.7 Å². The number of fused-ring (bicyclic) bond motifs is 3. The van der Waals surface area contributed by atoms with Crippen molar-refractivity contribution in [3.05, 3.63) is 52.2 Å². The number of aromatic nitrogens is 3. The highest BCUT2D eigenvalue weighted by Gasteiger charge is 2.45. The van der Waals surface area contributed by atoms with Crippen molar-refractivity contribution in [3.8, 4) is 5.75 Å². The van der Waals surface area contributed by atoms with Crippen LogP contribution in [0.15, 0.2) is 35.4 Å². The first-order valence-electron chi connectivity index (χ1n) is 10.2. The van der Waals surface area contributed by atoms with E-state index in [1.165, 1.54) is 6.33 Å². The molecule has 2 N–H and O–H groups in total. The van der Waals surface area contributed by atoms with Crippen LogP contribution in [0.25, 0.3) is 10.9 Å². The summed E-state index contributed by atoms with van der Waals surface area (Å²) >= 11 is 0. The molecule has 0 atom stereocenters. The maximum absolute atomic E-state index is 13.5. The second-order valence-corrected chi connectivity index (χ2v) is 8.01. The highest BCUT2D eigenvalue weighted by Crippen LogP contribution is 2.37. The lowest BCUT2D eigenvalue weighted by molar-refractivity contribution is 0.0876. The van der Waals surface area contributed by atoms with Crippen LogP contribution in [0.1, 0.15) is 48.2 Å². The lowest BCUT2D eigenvalue weighted by Crippen LogP contribution is -2.48. The molecule has 1 spiro atoms. The van der Waals surface area contributed by atoms with E-state index in [9.17, 15) is 9.59 Å². The molecule has 1 aliphatic heterocycles. The number of hydrogen-bond donors (Lipinski definition) is 2. The van der Waals surface area contributed by atoms with E-state index in [1.807, 2.05) is 25.1 Å². The lowest BCUT2D eigenvalue weighted by Gasteiger charge is -2.35. The smallest absolute Gasteiger partial charge is 0.276 e. The average Bonchev–Trinajstić information content (AvgIpc) is 3.03. The third kappa shape index (κ3) is 2.74. The maximum Gasteiger partial charge on any atom is 0.276 e. The zero-order chi connectivity index (χ0) is 20.9. The van der Waals surface area contributed by atoms with Crippen LogP contribution in [-0.4, -0.2) is 27.6 Å². The summed E-state index contributed by atoms with van der Waals surface area (Å²) in [6.07, 6.45) is 6.09. The molecule has 8 heteroatoms. The van der Waals surface area contributed by atoms with Crippen molar-refractivity contribution < 1.29 is 9.53 Å². The molecule has 0 unspecified atom stereocenters. The number of pyridine rings is 1. The largest absolute Gasteiger partial charge is 0.497 e. The summed E-state index contributed by atoms with van der Waals surface area (Å²) in [7, 11) is 1.60. The third-order valence-electron chi connectivity index (χ3n) is 6.16. The molecular formula is C22H23N5O3. The molecule has 0 bridgehead atoms. The van der Waals surface area contributed by atoms with Gasteiger partial charge in [0.15, 0.2) is 0 Å². The van der Waals surface area contributed by atoms with Gasteiger partial charge in [0.25, 0.3) is 11.5 Å². The van der Waals surface area contributed by atoms with Gasteiger partial charge in [0.1, 0.15) is 34.9 Å². The zero-order valence-electron chi connectivity index (χ0n) is 17.0. The summed E-state index contributed by atoms with van der Waals surface area (Å²) in [4.78, 5) is 34.9. The first kappa shape index (κ1) is 18.6. The van der Waals surface area contributed by atoms with Crippen molar-refractivity contribution >= 4 is 28.3 Å². The van der Waals surface area contributed by atoms with Gasteiger partial charge in [0.2, 0.25) is 0 Å². The summed E-state index contributed by atoms with van der Waals surface area (Å²) < 4.78 is 6.95. The van der Waals surface area contributed by atoms with Crippen LogP contribution in [0.2, 0.25) is 0 Å². The Morgan fingerprint density at radius 2 is 1.93 bits per heavy atom. The molecule has 5 rings (SSSR count). The number of nitrogens with zero attached hydrogens (tertiary/aromatic N) is 3. The Bertz CT molecular complexity index is 1230. The van der Waals surface area contributed by atoms with E-state index in [2.05, 4.69) is 20.6 Å². The number of ether oxygens (including phenoxy) is 1. The number of anilines is 2. The number of carbonyl (C=O) groups is 1. The second kappa shape index (κ2) is 6.83. The molecule has 3 aromatic rings. The number of amides is 1. The van der Waals surface area contributed by atoms with Gasteiger partial charge in [0.05, 0.1) is 12.6 Å². The molecule has 30 heavy (non-hydrogen) atoms. The molecule has 1 amide bonds. The Morgan fingerprint density at radius 1 is 1.13 bits per heavy atom. The van der Waals surface area contributed by atoms with Crippen LogP contribution in [0.3, 0.4) is 0 Å². The molecule has 2 aromatic heterocycles. The molecule has 1 fully saturated rings. The van der Waals surface area contributed by atoms with Crippen LogP contribution in [-0.2, 0) is 5.66 Å². The predicted molar refractivity (Wildman–Crippen MR) is 113 cm³/mol. The van der Waals surface area contributed by atoms with Crippen molar-refractivity contribution in [2.75, 3.05) is 12.4 Å². The number of nitrogens with one attached hydrogen (secondary N) is 2. The summed E-state index contributed by atoms with van der Waals surface area (Å²) in [6, 6.07) is 7.25. The summed E-state index contributed by atoms with van der Waals surface area (Å²) in [5.74, 6) is 1.07. The van der Waals surface area contributed by atoms with Crippen LogP contribution >= 0.6 is 0 Å². The van der Waals surface area contributed by atoms with Gasteiger partial charge < -0.3 is 15.4 Å². The van der Waals surface area contributed by atoms with Gasteiger partial charge in [-0.15, -0.1) is 0 Å². The minimum atomic E-state index is -0.620. The van der Waals surface area contributed by atoms with Gasteiger partial charge >= 0.3 is 0 Å². The normalized spacial score (nSPS) is 17.1. The Hall–Kier alpha value is -3.42. The van der Waals surface area contributed by atoms with Crippen LogP contribution in [0.4, 0.5) is 11.5 Å². The van der Waals surface area contributed by atoms with Crippen molar-refractivity contribution in [1.82, 2.24) is 19.9 Å². The topological polar surface area (TPSA) is 98.1 Å². The summed E-state index contributed by atoms with van der Waals surface area (Å²) in [5, 5.41) is 7.08. The van der Waals surface area contributed by atoms with E-state index in [4.69, 9.17) is 4.74 Å². The number of carbonyl (C=O) groups excluding carboxylic acids is 1. The van der Waals surface area contributed by atoms with E-state index < -0.39 is 5.66 Å². The quantitative estimate of drug-likeness (QED) is 0.694. The van der Waals surface area contributed by atoms with Gasteiger partial charge in [-0.1, -0.05) is 6.42 Å². The first-order valence-corrected chi connectivity index (χ1v) is 10.2. The Labute approximate surface area is 173 Å². The second-order valence-electron chi connectivity index (χ2n) is 8.01.